The van der Waals surface area contributed by atoms with Crippen LogP contribution in [-0.2, 0) is 0 Å². The standard InChI is InChI=1S/C30H54F2/c1-3-5-7-8-10-12-27-21-22-28(30(32)29(27)31)26-19-17-25(18-20-26)24-15-13-23(14-16-24)11-9-6-4-2/h23-30H,3-22H2,1-2H3. The summed E-state index contributed by atoms with van der Waals surface area (Å²) in [5, 5.41) is 0. The van der Waals surface area contributed by atoms with E-state index in [1.165, 1.54) is 103 Å². The first-order valence-electron chi connectivity index (χ1n) is 14.9. The van der Waals surface area contributed by atoms with Crippen LogP contribution in [0.25, 0.3) is 0 Å². The van der Waals surface area contributed by atoms with Crippen molar-refractivity contribution in [3.63, 3.8) is 0 Å². The molecule has 0 aliphatic heterocycles. The zero-order valence-corrected chi connectivity index (χ0v) is 21.5. The van der Waals surface area contributed by atoms with Gasteiger partial charge in [-0.15, -0.1) is 0 Å². The highest BCUT2D eigenvalue weighted by atomic mass is 19.2. The fourth-order valence-electron chi connectivity index (χ4n) is 7.71. The molecule has 3 fully saturated rings. The molecule has 0 aromatic carbocycles. The molecule has 3 rings (SSSR count). The predicted molar refractivity (Wildman–Crippen MR) is 134 cm³/mol. The van der Waals surface area contributed by atoms with Gasteiger partial charge >= 0.3 is 0 Å². The topological polar surface area (TPSA) is 0 Å². The number of rotatable bonds is 12. The molecule has 188 valence electrons. The zero-order valence-electron chi connectivity index (χ0n) is 21.5. The van der Waals surface area contributed by atoms with Crippen molar-refractivity contribution in [3.05, 3.63) is 0 Å². The first kappa shape index (κ1) is 26.5. The highest BCUT2D eigenvalue weighted by molar-refractivity contribution is 4.93. The maximum Gasteiger partial charge on any atom is 0.134 e. The summed E-state index contributed by atoms with van der Waals surface area (Å²) < 4.78 is 30.1. The molecule has 0 bridgehead atoms. The second-order valence-corrected chi connectivity index (χ2v) is 12.0. The van der Waals surface area contributed by atoms with Gasteiger partial charge < -0.3 is 0 Å². The fourth-order valence-corrected chi connectivity index (χ4v) is 7.71. The molecule has 0 amide bonds. The summed E-state index contributed by atoms with van der Waals surface area (Å²) >= 11 is 0. The van der Waals surface area contributed by atoms with Gasteiger partial charge in [-0.1, -0.05) is 84.5 Å². The van der Waals surface area contributed by atoms with E-state index in [9.17, 15) is 4.39 Å². The van der Waals surface area contributed by atoms with Gasteiger partial charge in [-0.25, -0.2) is 8.78 Å². The SMILES string of the molecule is CCCCCCCC1CCC(C2CCC(C3CCC(CCCCC)CC3)CC2)C(F)C1F. The van der Waals surface area contributed by atoms with Crippen LogP contribution in [0, 0.1) is 35.5 Å². The van der Waals surface area contributed by atoms with Gasteiger partial charge in [0.15, 0.2) is 0 Å². The molecule has 2 heteroatoms. The molecule has 32 heavy (non-hydrogen) atoms. The summed E-state index contributed by atoms with van der Waals surface area (Å²) in [5.74, 6) is 3.25. The van der Waals surface area contributed by atoms with Gasteiger partial charge in [0.2, 0.25) is 0 Å². The summed E-state index contributed by atoms with van der Waals surface area (Å²) in [4.78, 5) is 0. The molecule has 0 aromatic rings. The molecule has 0 nitrogen and oxygen atoms in total. The van der Waals surface area contributed by atoms with Crippen LogP contribution in [0.2, 0.25) is 0 Å². The molecule has 3 aliphatic rings. The molecule has 0 N–H and O–H groups in total. The van der Waals surface area contributed by atoms with Gasteiger partial charge in [0, 0.05) is 0 Å². The Balaban J connectivity index is 1.35. The van der Waals surface area contributed by atoms with E-state index in [2.05, 4.69) is 13.8 Å². The lowest BCUT2D eigenvalue weighted by atomic mass is 9.64. The number of alkyl halides is 2. The van der Waals surface area contributed by atoms with Gasteiger partial charge in [0.05, 0.1) is 0 Å². The van der Waals surface area contributed by atoms with Crippen molar-refractivity contribution in [2.24, 2.45) is 35.5 Å². The summed E-state index contributed by atoms with van der Waals surface area (Å²) in [7, 11) is 0. The third-order valence-corrected chi connectivity index (χ3v) is 9.91. The Morgan fingerprint density at radius 3 is 1.69 bits per heavy atom. The number of halogens is 2. The maximum absolute atomic E-state index is 15.2. The molecular formula is C30H54F2. The van der Waals surface area contributed by atoms with Crippen LogP contribution in [0.5, 0.6) is 0 Å². The highest BCUT2D eigenvalue weighted by Gasteiger charge is 2.44. The van der Waals surface area contributed by atoms with Crippen LogP contribution < -0.4 is 0 Å². The van der Waals surface area contributed by atoms with E-state index in [4.69, 9.17) is 0 Å². The fraction of sp³-hybridized carbons (Fsp3) is 1.00. The van der Waals surface area contributed by atoms with Crippen molar-refractivity contribution in [2.45, 2.75) is 155 Å². The van der Waals surface area contributed by atoms with Crippen LogP contribution in [-0.4, -0.2) is 12.3 Å². The number of unbranched alkanes of at least 4 members (excludes halogenated alkanes) is 6. The predicted octanol–water partition coefficient (Wildman–Crippen LogP) is 10.2. The Kier molecular flexibility index (Phi) is 11.8. The summed E-state index contributed by atoms with van der Waals surface area (Å²) in [6.45, 7) is 4.52. The van der Waals surface area contributed by atoms with E-state index in [0.29, 0.717) is 5.92 Å². The lowest BCUT2D eigenvalue weighted by molar-refractivity contribution is -0.0176. The lowest BCUT2D eigenvalue weighted by Crippen LogP contribution is -2.42. The second kappa shape index (κ2) is 14.3. The van der Waals surface area contributed by atoms with E-state index in [-0.39, 0.29) is 11.8 Å². The molecule has 3 aliphatic carbocycles. The van der Waals surface area contributed by atoms with Crippen LogP contribution in [0.3, 0.4) is 0 Å². The van der Waals surface area contributed by atoms with E-state index in [0.717, 1.165) is 43.4 Å². The van der Waals surface area contributed by atoms with Crippen molar-refractivity contribution >= 4 is 0 Å². The Morgan fingerprint density at radius 1 is 0.500 bits per heavy atom. The van der Waals surface area contributed by atoms with Gasteiger partial charge in [0.25, 0.3) is 0 Å². The van der Waals surface area contributed by atoms with Crippen molar-refractivity contribution in [1.82, 2.24) is 0 Å². The number of hydrogen-bond donors (Lipinski definition) is 0. The van der Waals surface area contributed by atoms with E-state index in [1.807, 2.05) is 0 Å². The molecule has 4 atom stereocenters. The van der Waals surface area contributed by atoms with Crippen LogP contribution in [0.4, 0.5) is 8.78 Å². The molecule has 0 spiro atoms. The highest BCUT2D eigenvalue weighted by Crippen LogP contribution is 2.48. The lowest BCUT2D eigenvalue weighted by Gasteiger charge is -2.43. The monoisotopic (exact) mass is 452 g/mol. The minimum Gasteiger partial charge on any atom is -0.244 e. The normalized spacial score (nSPS) is 38.6. The van der Waals surface area contributed by atoms with Gasteiger partial charge in [-0.05, 0) is 93.3 Å². The maximum atomic E-state index is 15.2. The van der Waals surface area contributed by atoms with Crippen LogP contribution in [0.1, 0.15) is 142 Å². The van der Waals surface area contributed by atoms with Crippen molar-refractivity contribution < 1.29 is 8.78 Å². The Bertz CT molecular complexity index is 475. The summed E-state index contributed by atoms with van der Waals surface area (Å²) in [5.41, 5.74) is 0. The Hall–Kier alpha value is -0.140. The first-order valence-corrected chi connectivity index (χ1v) is 14.9. The molecule has 0 saturated heterocycles. The van der Waals surface area contributed by atoms with Crippen LogP contribution in [0.15, 0.2) is 0 Å². The third kappa shape index (κ3) is 7.69. The molecule has 0 heterocycles. The van der Waals surface area contributed by atoms with E-state index >= 15 is 4.39 Å². The number of hydrogen-bond acceptors (Lipinski definition) is 0. The smallest absolute Gasteiger partial charge is 0.134 e. The van der Waals surface area contributed by atoms with Crippen molar-refractivity contribution in [1.29, 1.82) is 0 Å². The molecule has 0 aromatic heterocycles. The summed E-state index contributed by atoms with van der Waals surface area (Å²) in [6, 6.07) is 0. The van der Waals surface area contributed by atoms with Crippen molar-refractivity contribution in [2.75, 3.05) is 0 Å². The molecular weight excluding hydrogens is 398 g/mol. The molecule has 3 saturated carbocycles. The first-order chi connectivity index (χ1) is 15.6. The molecule has 0 radical (unpaired) electrons. The van der Waals surface area contributed by atoms with E-state index < -0.39 is 12.3 Å². The average molecular weight is 453 g/mol. The van der Waals surface area contributed by atoms with Gasteiger partial charge in [-0.3, -0.25) is 0 Å². The zero-order chi connectivity index (χ0) is 22.8. The van der Waals surface area contributed by atoms with Crippen LogP contribution >= 0.6 is 0 Å². The average Bonchev–Trinajstić information content (AvgIpc) is 2.82. The van der Waals surface area contributed by atoms with Crippen molar-refractivity contribution in [3.8, 4) is 0 Å². The largest absolute Gasteiger partial charge is 0.244 e. The second-order valence-electron chi connectivity index (χ2n) is 12.0. The minimum absolute atomic E-state index is 0.00766. The Morgan fingerprint density at radius 2 is 1.03 bits per heavy atom. The molecule has 4 unspecified atom stereocenters. The van der Waals surface area contributed by atoms with E-state index in [1.54, 1.807) is 0 Å². The minimum atomic E-state index is -1.19. The van der Waals surface area contributed by atoms with Gasteiger partial charge in [-0.2, -0.15) is 0 Å². The van der Waals surface area contributed by atoms with Gasteiger partial charge in [0.1, 0.15) is 12.3 Å². The summed E-state index contributed by atoms with van der Waals surface area (Å²) in [6.07, 6.45) is 22.8. The quantitative estimate of drug-likeness (QED) is 0.258. The third-order valence-electron chi connectivity index (χ3n) is 9.91. The Labute approximate surface area is 199 Å².